The van der Waals surface area contributed by atoms with E-state index in [9.17, 15) is 4.39 Å². The molecule has 9 heteroatoms. The summed E-state index contributed by atoms with van der Waals surface area (Å²) >= 11 is 3.43. The minimum atomic E-state index is -0.655. The third kappa shape index (κ3) is 3.00. The van der Waals surface area contributed by atoms with Gasteiger partial charge >= 0.3 is 0 Å². The Bertz CT molecular complexity index is 1200. The first-order chi connectivity index (χ1) is 13.1. The van der Waals surface area contributed by atoms with E-state index in [0.717, 1.165) is 5.69 Å². The molecule has 0 spiro atoms. The average molecular weight is 424 g/mol. The Balaban J connectivity index is 1.86. The van der Waals surface area contributed by atoms with Gasteiger partial charge in [0.05, 0.1) is 23.2 Å². The molecule has 3 aromatic heterocycles. The van der Waals surface area contributed by atoms with Crippen LogP contribution in [0.4, 0.5) is 16.0 Å². The first-order valence-electron chi connectivity index (χ1n) is 7.85. The van der Waals surface area contributed by atoms with Crippen molar-refractivity contribution < 1.29 is 4.39 Å². The zero-order chi connectivity index (χ0) is 19.0. The zero-order valence-electron chi connectivity index (χ0n) is 13.8. The number of fused-ring (bicyclic) bond motifs is 1. The molecule has 0 aliphatic carbocycles. The van der Waals surface area contributed by atoms with Gasteiger partial charge in [-0.15, -0.1) is 5.10 Å². The van der Waals surface area contributed by atoms with Crippen LogP contribution in [0.5, 0.6) is 0 Å². The summed E-state index contributed by atoms with van der Waals surface area (Å²) in [6.45, 7) is 7.08. The number of rotatable bonds is 3. The highest BCUT2D eigenvalue weighted by Gasteiger charge is 2.20. The molecule has 0 aliphatic heterocycles. The Hall–Kier alpha value is -3.38. The number of hydrogen-bond acceptors (Lipinski definition) is 5. The van der Waals surface area contributed by atoms with Crippen LogP contribution in [-0.2, 0) is 6.42 Å². The van der Waals surface area contributed by atoms with Crippen LogP contribution in [0.15, 0.2) is 47.1 Å². The molecule has 0 saturated heterocycles. The van der Waals surface area contributed by atoms with E-state index in [1.165, 1.54) is 16.6 Å². The highest BCUT2D eigenvalue weighted by Crippen LogP contribution is 2.35. The fraction of sp³-hybridized carbons (Fsp3) is 0.0556. The van der Waals surface area contributed by atoms with Gasteiger partial charge in [0, 0.05) is 17.5 Å². The number of halogens is 2. The van der Waals surface area contributed by atoms with Crippen LogP contribution in [0.2, 0.25) is 0 Å². The van der Waals surface area contributed by atoms with E-state index < -0.39 is 5.82 Å². The van der Waals surface area contributed by atoms with E-state index in [4.69, 9.17) is 12.3 Å². The highest BCUT2D eigenvalue weighted by molar-refractivity contribution is 9.10. The summed E-state index contributed by atoms with van der Waals surface area (Å²) < 4.78 is 16.4. The predicted octanol–water partition coefficient (Wildman–Crippen LogP) is 3.81. The lowest BCUT2D eigenvalue weighted by Crippen LogP contribution is -2.05. The maximum absolute atomic E-state index is 14.6. The number of nitrogen functional groups attached to an aromatic ring is 1. The van der Waals surface area contributed by atoms with Gasteiger partial charge in [-0.3, -0.25) is 4.98 Å². The molecule has 4 aromatic rings. The Morgan fingerprint density at radius 3 is 2.78 bits per heavy atom. The summed E-state index contributed by atoms with van der Waals surface area (Å²) in [4.78, 5) is 16.2. The summed E-state index contributed by atoms with van der Waals surface area (Å²) in [6, 6.07) is 10.1. The molecule has 0 fully saturated rings. The van der Waals surface area contributed by atoms with Crippen LogP contribution in [0.3, 0.4) is 0 Å². The fourth-order valence-corrected chi connectivity index (χ4v) is 3.24. The first-order valence-corrected chi connectivity index (χ1v) is 8.64. The molecule has 132 valence electrons. The number of anilines is 1. The highest BCUT2D eigenvalue weighted by atomic mass is 79.9. The molecular formula is C18H11BrFN7. The summed E-state index contributed by atoms with van der Waals surface area (Å²) in [6.07, 6.45) is 2.12. The van der Waals surface area contributed by atoms with Crippen molar-refractivity contribution in [2.45, 2.75) is 6.42 Å². The summed E-state index contributed by atoms with van der Waals surface area (Å²) in [5.74, 6) is -0.0799. The van der Waals surface area contributed by atoms with Crippen LogP contribution in [0, 0.1) is 12.4 Å². The molecule has 7 nitrogen and oxygen atoms in total. The lowest BCUT2D eigenvalue weighted by molar-refractivity contribution is 0.636. The quantitative estimate of drug-likeness (QED) is 0.506. The monoisotopic (exact) mass is 423 g/mol. The Morgan fingerprint density at radius 1 is 1.19 bits per heavy atom. The lowest BCUT2D eigenvalue weighted by Gasteiger charge is -2.08. The summed E-state index contributed by atoms with van der Waals surface area (Å²) in [7, 11) is 0. The van der Waals surface area contributed by atoms with Crippen LogP contribution in [0.1, 0.15) is 11.5 Å². The smallest absolute Gasteiger partial charge is 0.223 e. The number of nitrogens with two attached hydrogens (primary N) is 1. The van der Waals surface area contributed by atoms with Gasteiger partial charge in [-0.1, -0.05) is 24.3 Å². The number of hydrogen-bond donors (Lipinski definition) is 1. The van der Waals surface area contributed by atoms with Crippen LogP contribution >= 0.6 is 15.9 Å². The number of benzene rings is 1. The molecule has 1 aromatic carbocycles. The van der Waals surface area contributed by atoms with Gasteiger partial charge in [0.25, 0.3) is 0 Å². The Morgan fingerprint density at radius 2 is 2.04 bits per heavy atom. The van der Waals surface area contributed by atoms with Gasteiger partial charge < -0.3 is 5.73 Å². The van der Waals surface area contributed by atoms with Crippen molar-refractivity contribution in [3.63, 3.8) is 0 Å². The maximum atomic E-state index is 14.6. The minimum absolute atomic E-state index is 0.0654. The SMILES string of the molecule is [C-]#[N+]c1cccc(-c2nc(N)n3nc(Cc4ccccn4)nc3c2Br)c1F. The molecule has 0 aliphatic rings. The van der Waals surface area contributed by atoms with Crippen molar-refractivity contribution in [3.05, 3.63) is 75.8 Å². The number of aromatic nitrogens is 5. The van der Waals surface area contributed by atoms with E-state index in [0.29, 0.717) is 22.4 Å². The third-order valence-corrected chi connectivity index (χ3v) is 4.65. The Labute approximate surface area is 161 Å². The second-order valence-corrected chi connectivity index (χ2v) is 6.44. The van der Waals surface area contributed by atoms with E-state index in [2.05, 4.69) is 40.8 Å². The molecule has 0 radical (unpaired) electrons. The average Bonchev–Trinajstić information content (AvgIpc) is 3.11. The molecule has 0 amide bonds. The van der Waals surface area contributed by atoms with Crippen LogP contribution in [0.25, 0.3) is 21.7 Å². The van der Waals surface area contributed by atoms with E-state index in [-0.39, 0.29) is 22.9 Å². The molecular weight excluding hydrogens is 413 g/mol. The normalized spacial score (nSPS) is 10.9. The van der Waals surface area contributed by atoms with Gasteiger partial charge in [0.15, 0.2) is 11.5 Å². The van der Waals surface area contributed by atoms with Gasteiger partial charge in [0.1, 0.15) is 5.82 Å². The molecule has 0 atom stereocenters. The minimum Gasteiger partial charge on any atom is -0.368 e. The molecule has 3 heterocycles. The van der Waals surface area contributed by atoms with Gasteiger partial charge in [-0.05, 0) is 28.1 Å². The zero-order valence-corrected chi connectivity index (χ0v) is 15.4. The first kappa shape index (κ1) is 17.1. The van der Waals surface area contributed by atoms with Crippen molar-refractivity contribution in [1.29, 1.82) is 0 Å². The van der Waals surface area contributed by atoms with Crippen molar-refractivity contribution in [2.75, 3.05) is 5.73 Å². The summed E-state index contributed by atoms with van der Waals surface area (Å²) in [5, 5.41) is 4.37. The molecule has 2 N–H and O–H groups in total. The largest absolute Gasteiger partial charge is 0.368 e. The van der Waals surface area contributed by atoms with Crippen molar-refractivity contribution >= 4 is 33.2 Å². The fourth-order valence-electron chi connectivity index (χ4n) is 2.68. The maximum Gasteiger partial charge on any atom is 0.223 e. The van der Waals surface area contributed by atoms with Crippen LogP contribution in [-0.4, -0.2) is 24.6 Å². The predicted molar refractivity (Wildman–Crippen MR) is 102 cm³/mol. The summed E-state index contributed by atoms with van der Waals surface area (Å²) in [5.41, 5.74) is 7.59. The van der Waals surface area contributed by atoms with Crippen LogP contribution < -0.4 is 5.73 Å². The van der Waals surface area contributed by atoms with Gasteiger partial charge in [-0.25, -0.2) is 19.2 Å². The van der Waals surface area contributed by atoms with E-state index in [1.807, 2.05) is 18.2 Å². The van der Waals surface area contributed by atoms with Crippen molar-refractivity contribution in [3.8, 4) is 11.3 Å². The standard InChI is InChI=1S/C18H11BrFN7/c1-22-12-7-4-6-11(15(12)20)16-14(19)17-24-13(26-27(17)18(21)25-16)9-10-5-2-3-8-23-10/h2-8H,9H2,(H2,21,25). The Kier molecular flexibility index (Phi) is 4.25. The van der Waals surface area contributed by atoms with Gasteiger partial charge in [-0.2, -0.15) is 4.52 Å². The van der Waals surface area contributed by atoms with Crippen molar-refractivity contribution in [2.24, 2.45) is 0 Å². The lowest BCUT2D eigenvalue weighted by atomic mass is 10.1. The number of nitrogens with zero attached hydrogens (tertiary/aromatic N) is 6. The van der Waals surface area contributed by atoms with E-state index in [1.54, 1.807) is 12.3 Å². The van der Waals surface area contributed by atoms with E-state index >= 15 is 0 Å². The molecule has 4 rings (SSSR count). The molecule has 0 bridgehead atoms. The third-order valence-electron chi connectivity index (χ3n) is 3.92. The van der Waals surface area contributed by atoms with Crippen molar-refractivity contribution in [1.82, 2.24) is 24.6 Å². The molecule has 0 saturated carbocycles. The topological polar surface area (TPSA) is 86.3 Å². The van der Waals surface area contributed by atoms with Gasteiger partial charge in [0.2, 0.25) is 11.6 Å². The molecule has 0 unspecified atom stereocenters. The second-order valence-electron chi connectivity index (χ2n) is 5.64. The number of pyridine rings is 1. The second kappa shape index (κ2) is 6.74. The molecule has 27 heavy (non-hydrogen) atoms.